The van der Waals surface area contributed by atoms with Crippen molar-refractivity contribution in [1.82, 2.24) is 9.97 Å². The number of hydrogen-bond acceptors (Lipinski definition) is 4. The highest BCUT2D eigenvalue weighted by molar-refractivity contribution is 5.64. The van der Waals surface area contributed by atoms with E-state index in [1.807, 2.05) is 6.07 Å². The molecule has 0 bridgehead atoms. The minimum Gasteiger partial charge on any atom is -0.370 e. The van der Waals surface area contributed by atoms with Gasteiger partial charge in [-0.25, -0.2) is 4.98 Å². The van der Waals surface area contributed by atoms with Gasteiger partial charge in [-0.2, -0.15) is 4.98 Å². The van der Waals surface area contributed by atoms with Crippen molar-refractivity contribution in [2.45, 2.75) is 40.5 Å². The fourth-order valence-corrected chi connectivity index (χ4v) is 2.40. The lowest BCUT2D eigenvalue weighted by Crippen LogP contribution is -2.06. The number of aromatic nitrogens is 2. The lowest BCUT2D eigenvalue weighted by Gasteiger charge is -2.13. The van der Waals surface area contributed by atoms with Crippen molar-refractivity contribution >= 4 is 17.5 Å². The fraction of sp³-hybridized carbons (Fsp3) is 0.412. The van der Waals surface area contributed by atoms with Gasteiger partial charge in [0.15, 0.2) is 0 Å². The van der Waals surface area contributed by atoms with Crippen LogP contribution >= 0.6 is 0 Å². The average molecular weight is 284 g/mol. The maximum atomic E-state index is 4.51. The van der Waals surface area contributed by atoms with Crippen molar-refractivity contribution in [1.29, 1.82) is 0 Å². The molecule has 0 amide bonds. The van der Waals surface area contributed by atoms with E-state index >= 15 is 0 Å². The van der Waals surface area contributed by atoms with E-state index in [2.05, 4.69) is 60.4 Å². The summed E-state index contributed by atoms with van der Waals surface area (Å²) in [6.07, 6.45) is 4.09. The minimum absolute atomic E-state index is 0.631. The summed E-state index contributed by atoms with van der Waals surface area (Å²) in [7, 11) is 0. The molecule has 0 aliphatic carbocycles. The van der Waals surface area contributed by atoms with Crippen LogP contribution in [-0.4, -0.2) is 16.5 Å². The third-order valence-corrected chi connectivity index (χ3v) is 3.41. The second-order valence-corrected chi connectivity index (χ2v) is 5.44. The highest BCUT2D eigenvalue weighted by atomic mass is 15.1. The highest BCUT2D eigenvalue weighted by Gasteiger charge is 2.06. The Bertz CT molecular complexity index is 584. The van der Waals surface area contributed by atoms with E-state index in [9.17, 15) is 0 Å². The quantitative estimate of drug-likeness (QED) is 0.774. The standard InChI is InChI=1S/C17H24N4/c1-5-6-8-18-15-7-9-19-17(20-15)21-16-13(3)10-12(2)11-14(16)4/h7,9-11H,5-6,8H2,1-4H3,(H2,18,19,20,21). The van der Waals surface area contributed by atoms with Crippen molar-refractivity contribution in [3.8, 4) is 0 Å². The van der Waals surface area contributed by atoms with Crippen molar-refractivity contribution in [2.24, 2.45) is 0 Å². The Balaban J connectivity index is 2.15. The van der Waals surface area contributed by atoms with Gasteiger partial charge in [-0.05, 0) is 44.4 Å². The lowest BCUT2D eigenvalue weighted by atomic mass is 10.1. The van der Waals surface area contributed by atoms with E-state index in [0.29, 0.717) is 5.95 Å². The van der Waals surface area contributed by atoms with Gasteiger partial charge in [0.1, 0.15) is 5.82 Å². The van der Waals surface area contributed by atoms with Crippen molar-refractivity contribution < 1.29 is 0 Å². The molecule has 2 aromatic rings. The Kier molecular flexibility index (Phi) is 5.14. The molecule has 0 saturated heterocycles. The van der Waals surface area contributed by atoms with Gasteiger partial charge in [0, 0.05) is 18.4 Å². The molecule has 1 aromatic carbocycles. The first-order valence-electron chi connectivity index (χ1n) is 7.52. The van der Waals surface area contributed by atoms with Gasteiger partial charge in [0.25, 0.3) is 0 Å². The van der Waals surface area contributed by atoms with Crippen molar-refractivity contribution in [3.63, 3.8) is 0 Å². The molecule has 0 aliphatic rings. The summed E-state index contributed by atoms with van der Waals surface area (Å²) < 4.78 is 0. The Morgan fingerprint density at radius 2 is 1.81 bits per heavy atom. The molecular formula is C17H24N4. The summed E-state index contributed by atoms with van der Waals surface area (Å²) in [5, 5.41) is 6.66. The molecule has 0 aliphatic heterocycles. The Labute approximate surface area is 127 Å². The zero-order valence-corrected chi connectivity index (χ0v) is 13.3. The van der Waals surface area contributed by atoms with Crippen LogP contribution in [0.15, 0.2) is 24.4 Å². The molecule has 1 heterocycles. The maximum absolute atomic E-state index is 4.51. The van der Waals surface area contributed by atoms with Gasteiger partial charge in [0.05, 0.1) is 0 Å². The number of nitrogens with zero attached hydrogens (tertiary/aromatic N) is 2. The third-order valence-electron chi connectivity index (χ3n) is 3.41. The summed E-state index contributed by atoms with van der Waals surface area (Å²) in [6, 6.07) is 6.23. The number of benzene rings is 1. The Morgan fingerprint density at radius 1 is 1.10 bits per heavy atom. The van der Waals surface area contributed by atoms with Crippen LogP contribution in [0.2, 0.25) is 0 Å². The molecule has 1 aromatic heterocycles. The van der Waals surface area contributed by atoms with Crippen LogP contribution < -0.4 is 10.6 Å². The smallest absolute Gasteiger partial charge is 0.229 e. The first kappa shape index (κ1) is 15.3. The monoisotopic (exact) mass is 284 g/mol. The average Bonchev–Trinajstić information content (AvgIpc) is 2.44. The molecule has 4 heteroatoms. The molecule has 4 nitrogen and oxygen atoms in total. The molecule has 0 atom stereocenters. The van der Waals surface area contributed by atoms with Gasteiger partial charge in [-0.3, -0.25) is 0 Å². The lowest BCUT2D eigenvalue weighted by molar-refractivity contribution is 0.830. The number of anilines is 3. The second kappa shape index (κ2) is 7.07. The summed E-state index contributed by atoms with van der Waals surface area (Å²) in [6.45, 7) is 9.43. The second-order valence-electron chi connectivity index (χ2n) is 5.44. The van der Waals surface area contributed by atoms with E-state index < -0.39 is 0 Å². The molecule has 0 unspecified atom stereocenters. The molecule has 21 heavy (non-hydrogen) atoms. The van der Waals surface area contributed by atoms with Crippen LogP contribution in [0.5, 0.6) is 0 Å². The molecule has 0 fully saturated rings. The summed E-state index contributed by atoms with van der Waals surface area (Å²) in [4.78, 5) is 8.82. The predicted octanol–water partition coefficient (Wildman–Crippen LogP) is 4.36. The van der Waals surface area contributed by atoms with Crippen LogP contribution in [0.1, 0.15) is 36.5 Å². The van der Waals surface area contributed by atoms with E-state index in [1.54, 1.807) is 6.20 Å². The fourth-order valence-electron chi connectivity index (χ4n) is 2.40. The molecular weight excluding hydrogens is 260 g/mol. The zero-order valence-electron chi connectivity index (χ0n) is 13.3. The van der Waals surface area contributed by atoms with Crippen LogP contribution in [0.25, 0.3) is 0 Å². The maximum Gasteiger partial charge on any atom is 0.229 e. The largest absolute Gasteiger partial charge is 0.370 e. The third kappa shape index (κ3) is 4.18. The predicted molar refractivity (Wildman–Crippen MR) is 89.4 cm³/mol. The summed E-state index contributed by atoms with van der Waals surface area (Å²) >= 11 is 0. The molecule has 0 radical (unpaired) electrons. The number of rotatable bonds is 6. The van der Waals surface area contributed by atoms with Gasteiger partial charge in [0.2, 0.25) is 5.95 Å². The molecule has 0 spiro atoms. The van der Waals surface area contributed by atoms with Crippen LogP contribution in [0.3, 0.4) is 0 Å². The van der Waals surface area contributed by atoms with E-state index in [1.165, 1.54) is 23.1 Å². The van der Waals surface area contributed by atoms with E-state index in [0.717, 1.165) is 24.5 Å². The Hall–Kier alpha value is -2.10. The Morgan fingerprint density at radius 3 is 2.48 bits per heavy atom. The van der Waals surface area contributed by atoms with E-state index in [4.69, 9.17) is 0 Å². The molecule has 112 valence electrons. The summed E-state index contributed by atoms with van der Waals surface area (Å²) in [5.41, 5.74) is 4.78. The SMILES string of the molecule is CCCCNc1ccnc(Nc2c(C)cc(C)cc2C)n1. The number of aryl methyl sites for hydroxylation is 3. The highest BCUT2D eigenvalue weighted by Crippen LogP contribution is 2.24. The zero-order chi connectivity index (χ0) is 15.2. The number of unbranched alkanes of at least 4 members (excludes halogenated alkanes) is 1. The normalized spacial score (nSPS) is 10.5. The topological polar surface area (TPSA) is 49.8 Å². The molecule has 2 rings (SSSR count). The molecule has 2 N–H and O–H groups in total. The molecule has 0 saturated carbocycles. The van der Waals surface area contributed by atoms with Crippen molar-refractivity contribution in [2.75, 3.05) is 17.2 Å². The number of hydrogen-bond donors (Lipinski definition) is 2. The first-order valence-corrected chi connectivity index (χ1v) is 7.52. The minimum atomic E-state index is 0.631. The van der Waals surface area contributed by atoms with Crippen molar-refractivity contribution in [3.05, 3.63) is 41.1 Å². The van der Waals surface area contributed by atoms with Gasteiger partial charge < -0.3 is 10.6 Å². The summed E-state index contributed by atoms with van der Waals surface area (Å²) in [5.74, 6) is 1.50. The van der Waals surface area contributed by atoms with Crippen LogP contribution in [0.4, 0.5) is 17.5 Å². The number of nitrogens with one attached hydrogen (secondary N) is 2. The van der Waals surface area contributed by atoms with Crippen LogP contribution in [0, 0.1) is 20.8 Å². The first-order chi connectivity index (χ1) is 10.1. The van der Waals surface area contributed by atoms with Gasteiger partial charge in [-0.1, -0.05) is 31.0 Å². The van der Waals surface area contributed by atoms with Crippen LogP contribution in [-0.2, 0) is 0 Å². The van der Waals surface area contributed by atoms with Gasteiger partial charge >= 0.3 is 0 Å². The van der Waals surface area contributed by atoms with E-state index in [-0.39, 0.29) is 0 Å². The van der Waals surface area contributed by atoms with Gasteiger partial charge in [-0.15, -0.1) is 0 Å².